The second-order valence-electron chi connectivity index (χ2n) is 4.59. The highest BCUT2D eigenvalue weighted by Crippen LogP contribution is 2.32. The lowest BCUT2D eigenvalue weighted by molar-refractivity contribution is -0.137. The van der Waals surface area contributed by atoms with Crippen LogP contribution in [0.2, 0.25) is 0 Å². The molecule has 0 saturated carbocycles. The monoisotopic (exact) mass is 297 g/mol. The summed E-state index contributed by atoms with van der Waals surface area (Å²) in [5, 5.41) is 0. The Bertz CT molecular complexity index is 707. The van der Waals surface area contributed by atoms with Crippen molar-refractivity contribution in [3.63, 3.8) is 0 Å². The number of alkyl halides is 3. The van der Waals surface area contributed by atoms with E-state index in [2.05, 4.69) is 0 Å². The van der Waals surface area contributed by atoms with Gasteiger partial charge >= 0.3 is 6.18 Å². The molecule has 0 radical (unpaired) electrons. The highest BCUT2D eigenvalue weighted by Gasteiger charge is 2.31. The first kappa shape index (κ1) is 15.0. The maximum Gasteiger partial charge on any atom is 0.416 e. The number of halogens is 4. The average Bonchev–Trinajstić information content (AvgIpc) is 2.40. The molecule has 0 fully saturated rings. The highest BCUT2D eigenvalue weighted by molar-refractivity contribution is 6.12. The van der Waals surface area contributed by atoms with E-state index in [1.165, 1.54) is 19.1 Å². The topological polar surface area (TPSA) is 43.1 Å². The fraction of sp³-hybridized carbons (Fsp3) is 0.133. The third-order valence-electron chi connectivity index (χ3n) is 3.05. The summed E-state index contributed by atoms with van der Waals surface area (Å²) in [7, 11) is 0. The quantitative estimate of drug-likeness (QED) is 0.518. The van der Waals surface area contributed by atoms with Crippen LogP contribution in [-0.4, -0.2) is 5.78 Å². The molecule has 0 bridgehead atoms. The van der Waals surface area contributed by atoms with E-state index < -0.39 is 23.3 Å². The van der Waals surface area contributed by atoms with E-state index in [-0.39, 0.29) is 22.4 Å². The number of benzene rings is 2. The number of nitrogens with two attached hydrogens (primary N) is 1. The van der Waals surface area contributed by atoms with Crippen LogP contribution in [0.4, 0.5) is 23.2 Å². The van der Waals surface area contributed by atoms with Crippen LogP contribution in [0.1, 0.15) is 27.0 Å². The van der Waals surface area contributed by atoms with Crippen LogP contribution >= 0.6 is 0 Å². The van der Waals surface area contributed by atoms with Crippen molar-refractivity contribution in [1.29, 1.82) is 0 Å². The molecular formula is C15H11F4NO. The van der Waals surface area contributed by atoms with Gasteiger partial charge in [0, 0.05) is 16.8 Å². The van der Waals surface area contributed by atoms with Gasteiger partial charge in [0.1, 0.15) is 5.82 Å². The van der Waals surface area contributed by atoms with Gasteiger partial charge in [-0.3, -0.25) is 4.79 Å². The molecule has 0 aliphatic rings. The Labute approximate surface area is 118 Å². The lowest BCUT2D eigenvalue weighted by Gasteiger charge is -2.11. The summed E-state index contributed by atoms with van der Waals surface area (Å²) < 4.78 is 51.2. The molecule has 110 valence electrons. The zero-order valence-corrected chi connectivity index (χ0v) is 11.0. The highest BCUT2D eigenvalue weighted by atomic mass is 19.4. The number of anilines is 1. The minimum atomic E-state index is -4.57. The zero-order valence-electron chi connectivity index (χ0n) is 11.0. The number of ketones is 1. The molecule has 2 aromatic rings. The summed E-state index contributed by atoms with van der Waals surface area (Å²) in [6.45, 7) is 1.46. The third-order valence-corrected chi connectivity index (χ3v) is 3.05. The summed E-state index contributed by atoms with van der Waals surface area (Å²) in [6.07, 6.45) is -4.57. The second-order valence-corrected chi connectivity index (χ2v) is 4.59. The van der Waals surface area contributed by atoms with Crippen LogP contribution < -0.4 is 5.73 Å². The average molecular weight is 297 g/mol. The van der Waals surface area contributed by atoms with Crippen LogP contribution in [0.5, 0.6) is 0 Å². The summed E-state index contributed by atoms with van der Waals surface area (Å²) in [5.74, 6) is -1.18. The fourth-order valence-corrected chi connectivity index (χ4v) is 1.87. The van der Waals surface area contributed by atoms with E-state index in [9.17, 15) is 22.4 Å². The van der Waals surface area contributed by atoms with Gasteiger partial charge in [0.25, 0.3) is 0 Å². The summed E-state index contributed by atoms with van der Waals surface area (Å²) in [5.41, 5.74) is 4.61. The largest absolute Gasteiger partial charge is 0.416 e. The maximum absolute atomic E-state index is 13.2. The first-order valence-corrected chi connectivity index (χ1v) is 5.97. The molecule has 0 saturated heterocycles. The lowest BCUT2D eigenvalue weighted by Crippen LogP contribution is -2.11. The van der Waals surface area contributed by atoms with Gasteiger partial charge in [-0.1, -0.05) is 0 Å². The van der Waals surface area contributed by atoms with E-state index >= 15 is 0 Å². The summed E-state index contributed by atoms with van der Waals surface area (Å²) >= 11 is 0. The molecule has 0 unspecified atom stereocenters. The Hall–Kier alpha value is -2.37. The van der Waals surface area contributed by atoms with Crippen LogP contribution in [0, 0.1) is 12.7 Å². The number of carbonyl (C=O) groups is 1. The molecule has 0 heterocycles. The molecule has 2 rings (SSSR count). The van der Waals surface area contributed by atoms with Gasteiger partial charge < -0.3 is 5.73 Å². The molecule has 21 heavy (non-hydrogen) atoms. The molecule has 0 spiro atoms. The SMILES string of the molecule is Cc1cc(C(=O)c2cc(C(F)(F)F)ccc2N)ccc1F. The van der Waals surface area contributed by atoms with E-state index in [4.69, 9.17) is 5.73 Å². The Kier molecular flexibility index (Phi) is 3.72. The zero-order chi connectivity index (χ0) is 15.8. The summed E-state index contributed by atoms with van der Waals surface area (Å²) in [4.78, 5) is 12.2. The van der Waals surface area contributed by atoms with Crippen molar-refractivity contribution in [1.82, 2.24) is 0 Å². The molecule has 0 atom stereocenters. The van der Waals surface area contributed by atoms with Crippen LogP contribution in [0.25, 0.3) is 0 Å². The molecule has 0 aliphatic carbocycles. The van der Waals surface area contributed by atoms with Crippen LogP contribution in [-0.2, 0) is 6.18 Å². The normalized spacial score (nSPS) is 11.5. The third kappa shape index (κ3) is 3.04. The van der Waals surface area contributed by atoms with Crippen molar-refractivity contribution < 1.29 is 22.4 Å². The Morgan fingerprint density at radius 1 is 1.10 bits per heavy atom. The maximum atomic E-state index is 13.2. The molecule has 0 aliphatic heterocycles. The van der Waals surface area contributed by atoms with Crippen molar-refractivity contribution in [2.75, 3.05) is 5.73 Å². The van der Waals surface area contributed by atoms with E-state index in [0.29, 0.717) is 6.07 Å². The number of carbonyl (C=O) groups excluding carboxylic acids is 1. The number of nitrogen functional groups attached to an aromatic ring is 1. The Balaban J connectivity index is 2.50. The predicted octanol–water partition coefficient (Wildman–Crippen LogP) is 3.97. The van der Waals surface area contributed by atoms with Crippen molar-refractivity contribution in [2.45, 2.75) is 13.1 Å². The van der Waals surface area contributed by atoms with E-state index in [1.807, 2.05) is 0 Å². The molecular weight excluding hydrogens is 286 g/mol. The smallest absolute Gasteiger partial charge is 0.398 e. The van der Waals surface area contributed by atoms with E-state index in [0.717, 1.165) is 18.2 Å². The predicted molar refractivity (Wildman–Crippen MR) is 70.4 cm³/mol. The van der Waals surface area contributed by atoms with Gasteiger partial charge in [-0.05, 0) is 48.9 Å². The fourth-order valence-electron chi connectivity index (χ4n) is 1.87. The molecule has 0 aromatic heterocycles. The second kappa shape index (κ2) is 5.20. The first-order chi connectivity index (χ1) is 9.70. The number of hydrogen-bond donors (Lipinski definition) is 1. The lowest BCUT2D eigenvalue weighted by atomic mass is 9.98. The van der Waals surface area contributed by atoms with Crippen molar-refractivity contribution >= 4 is 11.5 Å². The minimum Gasteiger partial charge on any atom is -0.398 e. The molecule has 0 amide bonds. The van der Waals surface area contributed by atoms with Crippen LogP contribution in [0.3, 0.4) is 0 Å². The van der Waals surface area contributed by atoms with Gasteiger partial charge in [0.05, 0.1) is 5.56 Å². The number of hydrogen-bond acceptors (Lipinski definition) is 2. The molecule has 6 heteroatoms. The van der Waals surface area contributed by atoms with Crippen LogP contribution in [0.15, 0.2) is 36.4 Å². The molecule has 2 nitrogen and oxygen atoms in total. The Morgan fingerprint density at radius 2 is 1.76 bits per heavy atom. The van der Waals surface area contributed by atoms with Gasteiger partial charge in [0.2, 0.25) is 0 Å². The summed E-state index contributed by atoms with van der Waals surface area (Å²) in [6, 6.07) is 6.12. The van der Waals surface area contributed by atoms with Gasteiger partial charge in [-0.15, -0.1) is 0 Å². The van der Waals surface area contributed by atoms with Gasteiger partial charge in [0.15, 0.2) is 5.78 Å². The van der Waals surface area contributed by atoms with Gasteiger partial charge in [-0.2, -0.15) is 13.2 Å². The molecule has 2 aromatic carbocycles. The van der Waals surface area contributed by atoms with Crippen molar-refractivity contribution in [3.8, 4) is 0 Å². The Morgan fingerprint density at radius 3 is 2.33 bits per heavy atom. The number of rotatable bonds is 2. The first-order valence-electron chi connectivity index (χ1n) is 5.97. The van der Waals surface area contributed by atoms with E-state index in [1.54, 1.807) is 0 Å². The molecule has 2 N–H and O–H groups in total. The number of aryl methyl sites for hydroxylation is 1. The standard InChI is InChI=1S/C15H11F4NO/c1-8-6-9(2-4-12(8)16)14(21)11-7-10(15(17,18)19)3-5-13(11)20/h2-7H,20H2,1H3. The van der Waals surface area contributed by atoms with Gasteiger partial charge in [-0.25, -0.2) is 4.39 Å². The van der Waals surface area contributed by atoms with Crippen molar-refractivity contribution in [2.24, 2.45) is 0 Å². The van der Waals surface area contributed by atoms with Crippen molar-refractivity contribution in [3.05, 3.63) is 64.5 Å². The minimum absolute atomic E-state index is 0.0602.